The first-order valence-electron chi connectivity index (χ1n) is 19.5. The molecule has 1 aliphatic heterocycles. The smallest absolute Gasteiger partial charge is 0.161 e. The molecule has 56 heavy (non-hydrogen) atoms. The van der Waals surface area contributed by atoms with Gasteiger partial charge in [-0.3, -0.25) is 9.59 Å². The van der Waals surface area contributed by atoms with Gasteiger partial charge in [0.05, 0.1) is 19.6 Å². The maximum absolute atomic E-state index is 14.5. The van der Waals surface area contributed by atoms with E-state index in [1.807, 2.05) is 36.5 Å². The number of ether oxygens (including phenoxy) is 1. The second-order valence-electron chi connectivity index (χ2n) is 15.1. The van der Waals surface area contributed by atoms with E-state index in [4.69, 9.17) is 10.1 Å². The predicted molar refractivity (Wildman–Crippen MR) is 215 cm³/mol. The molecule has 0 fully saturated rings. The van der Waals surface area contributed by atoms with Gasteiger partial charge in [0.1, 0.15) is 17.3 Å². The third-order valence-corrected chi connectivity index (χ3v) is 11.2. The Balaban J connectivity index is 1.24. The summed E-state index contributed by atoms with van der Waals surface area (Å²) in [6.45, 7) is 0.280. The Morgan fingerprint density at radius 1 is 0.911 bits per heavy atom. The van der Waals surface area contributed by atoms with Crippen molar-refractivity contribution in [3.05, 3.63) is 140 Å². The second-order valence-corrected chi connectivity index (χ2v) is 15.1. The number of aryl methyl sites for hydroxylation is 3. The molecule has 0 saturated heterocycles. The van der Waals surface area contributed by atoms with Crippen LogP contribution in [0.25, 0.3) is 11.4 Å². The maximum atomic E-state index is 14.5. The van der Waals surface area contributed by atoms with Gasteiger partial charge < -0.3 is 40.4 Å². The Kier molecular flexibility index (Phi) is 12.1. The van der Waals surface area contributed by atoms with Gasteiger partial charge in [0, 0.05) is 30.9 Å². The van der Waals surface area contributed by atoms with E-state index in [1.54, 1.807) is 30.5 Å². The lowest BCUT2D eigenvalue weighted by atomic mass is 9.71. The molecule has 0 spiro atoms. The summed E-state index contributed by atoms with van der Waals surface area (Å²) in [5.74, 6) is -0.291. The number of aliphatic hydroxyl groups excluding tert-OH is 2. The lowest BCUT2D eigenvalue weighted by molar-refractivity contribution is -0.129. The number of aromatic amines is 1. The molecular formula is C46H49N3O7-2. The number of hydrogen-bond acceptors (Lipinski definition) is 7. The van der Waals surface area contributed by atoms with Crippen molar-refractivity contribution < 1.29 is 34.8 Å². The van der Waals surface area contributed by atoms with E-state index in [9.17, 15) is 30.0 Å². The number of carbonyl (C=O) groups is 2. The van der Waals surface area contributed by atoms with Crippen LogP contribution in [0.1, 0.15) is 88.2 Å². The number of rotatable bonds is 9. The van der Waals surface area contributed by atoms with Crippen LogP contribution in [0, 0.1) is 5.92 Å². The molecule has 7 rings (SSSR count). The van der Waals surface area contributed by atoms with Gasteiger partial charge in [0.25, 0.3) is 0 Å². The fourth-order valence-corrected chi connectivity index (χ4v) is 8.37. The fourth-order valence-electron chi connectivity index (χ4n) is 8.37. The van der Waals surface area contributed by atoms with Crippen LogP contribution in [-0.4, -0.2) is 63.3 Å². The third-order valence-electron chi connectivity index (χ3n) is 11.2. The number of methoxy groups -OCH3 is 1. The van der Waals surface area contributed by atoms with Crippen LogP contribution in [-0.2, 0) is 41.7 Å². The van der Waals surface area contributed by atoms with Gasteiger partial charge in [-0.25, -0.2) is 0 Å². The number of fused-ring (bicyclic) bond motifs is 7. The van der Waals surface area contributed by atoms with Crippen LogP contribution in [0.2, 0.25) is 0 Å². The topological polar surface area (TPSA) is 168 Å². The molecule has 4 bridgehead atoms. The van der Waals surface area contributed by atoms with E-state index in [-0.39, 0.29) is 55.5 Å². The van der Waals surface area contributed by atoms with E-state index in [0.29, 0.717) is 62.1 Å². The van der Waals surface area contributed by atoms with Gasteiger partial charge in [0.15, 0.2) is 11.5 Å². The van der Waals surface area contributed by atoms with Gasteiger partial charge in [-0.15, -0.1) is 5.69 Å². The highest BCUT2D eigenvalue weighted by Gasteiger charge is 2.36. The number of phenolic OH excluding ortho intramolecular Hbond substituents is 2. The third kappa shape index (κ3) is 8.93. The summed E-state index contributed by atoms with van der Waals surface area (Å²) in [6.07, 6.45) is 8.58. The minimum atomic E-state index is -0.758. The van der Waals surface area contributed by atoms with Crippen molar-refractivity contribution in [1.82, 2.24) is 9.97 Å². The molecule has 2 aliphatic rings. The van der Waals surface area contributed by atoms with E-state index < -0.39 is 17.9 Å². The number of H-pyrrole nitrogens is 1. The van der Waals surface area contributed by atoms with E-state index in [1.165, 1.54) is 7.11 Å². The Hall–Kier alpha value is -5.58. The number of hydrogen-bond donors (Lipinski definition) is 5. The van der Waals surface area contributed by atoms with Crippen molar-refractivity contribution in [2.75, 3.05) is 20.3 Å². The molecule has 0 saturated carbocycles. The average Bonchev–Trinajstić information content (AvgIpc) is 3.85. The molecule has 10 nitrogen and oxygen atoms in total. The predicted octanol–water partition coefficient (Wildman–Crippen LogP) is 7.16. The van der Waals surface area contributed by atoms with Gasteiger partial charge in [-0.05, 0) is 109 Å². The van der Waals surface area contributed by atoms with Gasteiger partial charge in [-0.2, -0.15) is 6.20 Å². The second kappa shape index (κ2) is 17.5. The molecule has 0 radical (unpaired) electrons. The SMILES string of the molecule is COc1cc2cc(c1O)Cc1ccc(CCCO)c(c1)Cc1cc[nH]c1[N-]CC1=Cc3[n-]ccc3[C@@H](C[C@H](O)CCc3cccc(O)c3)[C@@H]1C(=O)CC(=O)CC2. The molecule has 292 valence electrons. The number of aromatic hydroxyl groups is 2. The zero-order valence-electron chi connectivity index (χ0n) is 31.7. The minimum Gasteiger partial charge on any atom is -0.664 e. The summed E-state index contributed by atoms with van der Waals surface area (Å²) >= 11 is 0. The van der Waals surface area contributed by atoms with Crippen LogP contribution < -0.4 is 9.72 Å². The number of carbonyl (C=O) groups excluding carboxylic acids is 2. The molecule has 5 aromatic rings. The first-order chi connectivity index (χ1) is 27.2. The van der Waals surface area contributed by atoms with Crippen LogP contribution in [0.4, 0.5) is 5.82 Å². The van der Waals surface area contributed by atoms with Gasteiger partial charge >= 0.3 is 0 Å². The molecule has 0 amide bonds. The van der Waals surface area contributed by atoms with Crippen LogP contribution in [0.5, 0.6) is 17.2 Å². The van der Waals surface area contributed by atoms with Crippen molar-refractivity contribution in [2.24, 2.45) is 5.92 Å². The normalized spacial score (nSPS) is 17.9. The summed E-state index contributed by atoms with van der Waals surface area (Å²) < 4.78 is 5.55. The Morgan fingerprint density at radius 2 is 1.77 bits per heavy atom. The largest absolute Gasteiger partial charge is 0.664 e. The zero-order chi connectivity index (χ0) is 39.2. The fraction of sp³-hybridized carbons (Fsp3) is 0.348. The van der Waals surface area contributed by atoms with Crippen molar-refractivity contribution in [1.29, 1.82) is 0 Å². The van der Waals surface area contributed by atoms with Crippen LogP contribution in [0.3, 0.4) is 0 Å². The summed E-state index contributed by atoms with van der Waals surface area (Å²) in [4.78, 5) is 36.0. The van der Waals surface area contributed by atoms with E-state index in [0.717, 1.165) is 50.2 Å². The first-order valence-corrected chi connectivity index (χ1v) is 19.5. The molecule has 3 atom stereocenters. The van der Waals surface area contributed by atoms with Crippen molar-refractivity contribution >= 4 is 23.5 Å². The Bertz CT molecular complexity index is 2220. The van der Waals surface area contributed by atoms with Crippen molar-refractivity contribution in [3.8, 4) is 17.2 Å². The van der Waals surface area contributed by atoms with E-state index >= 15 is 0 Å². The average molecular weight is 756 g/mol. The molecule has 5 N–H and O–H groups in total. The zero-order valence-corrected chi connectivity index (χ0v) is 31.7. The molecule has 3 aromatic carbocycles. The summed E-state index contributed by atoms with van der Waals surface area (Å²) in [5, 5.41) is 47.2. The lowest BCUT2D eigenvalue weighted by Crippen LogP contribution is -2.32. The lowest BCUT2D eigenvalue weighted by Gasteiger charge is -2.37. The number of Topliss-reactive ketones (excluding diaryl/α,β-unsaturated/α-hetero) is 2. The molecule has 10 heteroatoms. The van der Waals surface area contributed by atoms with Gasteiger partial charge in [-0.1, -0.05) is 77.8 Å². The number of nitrogens with one attached hydrogen (secondary N) is 1. The summed E-state index contributed by atoms with van der Waals surface area (Å²) in [7, 11) is 1.50. The monoisotopic (exact) mass is 755 g/mol. The highest BCUT2D eigenvalue weighted by Crippen LogP contribution is 2.44. The number of nitrogens with zero attached hydrogens (tertiary/aromatic N) is 2. The minimum absolute atomic E-state index is 0.0504. The Labute approximate surface area is 327 Å². The first kappa shape index (κ1) is 38.7. The molecule has 1 aliphatic carbocycles. The number of aromatic nitrogens is 2. The number of aliphatic hydroxyl groups is 2. The number of phenols is 2. The Morgan fingerprint density at radius 3 is 2.59 bits per heavy atom. The van der Waals surface area contributed by atoms with Crippen LogP contribution in [0.15, 0.2) is 84.7 Å². The highest BCUT2D eigenvalue weighted by atomic mass is 16.5. The number of benzene rings is 3. The van der Waals surface area contributed by atoms with E-state index in [2.05, 4.69) is 28.2 Å². The molecule has 0 unspecified atom stereocenters. The maximum Gasteiger partial charge on any atom is 0.161 e. The van der Waals surface area contributed by atoms with Crippen molar-refractivity contribution in [2.45, 2.75) is 76.2 Å². The highest BCUT2D eigenvalue weighted by molar-refractivity contribution is 6.02. The molecule has 2 aromatic heterocycles. The summed E-state index contributed by atoms with van der Waals surface area (Å²) in [6, 6.07) is 20.8. The summed E-state index contributed by atoms with van der Waals surface area (Å²) in [5.41, 5.74) is 8.94. The van der Waals surface area contributed by atoms with Crippen molar-refractivity contribution in [3.63, 3.8) is 0 Å². The quantitative estimate of drug-likeness (QED) is 0.0988. The standard InChI is InChI=1S/C46H49N3O7/c1-56-43-22-30-9-12-38(53)26-42(54)44-35(24-41-39(14-16-47-41)40(44)25-37(52)11-8-28-4-2-6-36(51)21-28)27-49-46-32(13-15-48-46)23-33-18-29(19-34(20-30)45(43)55)7-10-31(33)5-3-17-50/h2,4,6-7,10,13-16,18,20-22,24,37,40,44,48,50-52,55H,3,5,8-9,11-12,17,19,23,25-27H2,1H3/q-2/t37-,40-,44-/m1/s1. The number of ketones is 2. The van der Waals surface area contributed by atoms with Gasteiger partial charge in [0.2, 0.25) is 0 Å². The van der Waals surface area contributed by atoms with Crippen LogP contribution >= 0.6 is 0 Å². The molecular weight excluding hydrogens is 707 g/mol. The molecule has 3 heterocycles.